The number of carbonyl (C=O) groups excluding carboxylic acids is 1. The van der Waals surface area contributed by atoms with Crippen LogP contribution in [0.3, 0.4) is 0 Å². The van der Waals surface area contributed by atoms with E-state index in [0.717, 1.165) is 29.2 Å². The van der Waals surface area contributed by atoms with E-state index < -0.39 is 6.10 Å². The summed E-state index contributed by atoms with van der Waals surface area (Å²) in [6, 6.07) is 13.9. The minimum atomic E-state index is -0.687. The first kappa shape index (κ1) is 16.5. The number of hydrogen-bond donors (Lipinski definition) is 2. The summed E-state index contributed by atoms with van der Waals surface area (Å²) in [6.45, 7) is 0.911. The second-order valence-corrected chi connectivity index (χ2v) is 5.38. The Balaban J connectivity index is 1.83. The molecule has 118 valence electrons. The second-order valence-electron chi connectivity index (χ2n) is 5.38. The zero-order valence-corrected chi connectivity index (χ0v) is 12.9. The Hall–Kier alpha value is -1.91. The van der Waals surface area contributed by atoms with Gasteiger partial charge in [0, 0.05) is 26.7 Å². The molecule has 0 bridgehead atoms. The summed E-state index contributed by atoms with van der Waals surface area (Å²) in [5.41, 5.74) is 0.818. The molecule has 4 heteroatoms. The molecular formula is C18H23NO3. The number of unbranched alkanes of at least 4 members (excludes halogenated alkanes) is 1. The Kier molecular flexibility index (Phi) is 6.37. The Bertz CT molecular complexity index is 612. The number of amides is 1. The van der Waals surface area contributed by atoms with Gasteiger partial charge in [0.25, 0.3) is 0 Å². The molecule has 2 aromatic rings. The zero-order valence-electron chi connectivity index (χ0n) is 12.9. The van der Waals surface area contributed by atoms with Crippen molar-refractivity contribution in [2.45, 2.75) is 25.4 Å². The van der Waals surface area contributed by atoms with E-state index in [4.69, 9.17) is 4.74 Å². The molecular weight excluding hydrogens is 278 g/mol. The van der Waals surface area contributed by atoms with Gasteiger partial charge in [0.15, 0.2) is 0 Å². The van der Waals surface area contributed by atoms with Crippen LogP contribution in [0.2, 0.25) is 0 Å². The monoisotopic (exact) mass is 301 g/mol. The third-order valence-corrected chi connectivity index (χ3v) is 3.65. The highest BCUT2D eigenvalue weighted by molar-refractivity contribution is 5.83. The van der Waals surface area contributed by atoms with E-state index in [1.54, 1.807) is 7.11 Å². The van der Waals surface area contributed by atoms with E-state index in [1.807, 2.05) is 42.5 Å². The predicted octanol–water partition coefficient (Wildman–Crippen LogP) is 2.81. The van der Waals surface area contributed by atoms with E-state index in [2.05, 4.69) is 5.32 Å². The van der Waals surface area contributed by atoms with Crippen LogP contribution >= 0.6 is 0 Å². The summed E-state index contributed by atoms with van der Waals surface area (Å²) in [5.74, 6) is -0.0315. The van der Waals surface area contributed by atoms with Crippen molar-refractivity contribution in [1.29, 1.82) is 0 Å². The van der Waals surface area contributed by atoms with Gasteiger partial charge in [0.05, 0.1) is 6.10 Å². The van der Waals surface area contributed by atoms with Crippen LogP contribution in [0.1, 0.15) is 30.9 Å². The van der Waals surface area contributed by atoms with Crippen molar-refractivity contribution < 1.29 is 14.6 Å². The summed E-state index contributed by atoms with van der Waals surface area (Å²) in [6.07, 6.45) is 1.45. The van der Waals surface area contributed by atoms with E-state index in [9.17, 15) is 9.90 Å². The molecule has 2 aromatic carbocycles. The maximum Gasteiger partial charge on any atom is 0.220 e. The van der Waals surface area contributed by atoms with E-state index in [1.165, 1.54) is 0 Å². The number of fused-ring (bicyclic) bond motifs is 1. The maximum atomic E-state index is 11.7. The molecule has 0 saturated carbocycles. The van der Waals surface area contributed by atoms with Crippen molar-refractivity contribution in [3.8, 4) is 0 Å². The Labute approximate surface area is 131 Å². The number of nitrogens with one attached hydrogen (secondary N) is 1. The summed E-state index contributed by atoms with van der Waals surface area (Å²) < 4.78 is 4.94. The van der Waals surface area contributed by atoms with E-state index >= 15 is 0 Å². The number of carbonyl (C=O) groups is 1. The molecule has 0 spiro atoms. The fourth-order valence-corrected chi connectivity index (χ4v) is 2.36. The summed E-state index contributed by atoms with van der Waals surface area (Å²) in [5, 5.41) is 15.2. The van der Waals surface area contributed by atoms with E-state index in [-0.39, 0.29) is 12.5 Å². The molecule has 1 amide bonds. The molecule has 0 heterocycles. The maximum absolute atomic E-state index is 11.7. The molecule has 2 N–H and O–H groups in total. The molecule has 1 unspecified atom stereocenters. The lowest BCUT2D eigenvalue weighted by Crippen LogP contribution is -2.28. The normalized spacial score (nSPS) is 12.3. The second kappa shape index (κ2) is 8.51. The number of rotatable bonds is 8. The number of aliphatic hydroxyl groups excluding tert-OH is 1. The van der Waals surface area contributed by atoms with Crippen LogP contribution in [-0.4, -0.2) is 31.3 Å². The third-order valence-electron chi connectivity index (χ3n) is 3.65. The number of hydrogen-bond acceptors (Lipinski definition) is 3. The largest absolute Gasteiger partial charge is 0.387 e. The van der Waals surface area contributed by atoms with Gasteiger partial charge in [-0.3, -0.25) is 4.79 Å². The van der Waals surface area contributed by atoms with Gasteiger partial charge < -0.3 is 15.2 Å². The van der Waals surface area contributed by atoms with Crippen LogP contribution < -0.4 is 5.32 Å². The fraction of sp³-hybridized carbons (Fsp3) is 0.389. The molecule has 0 fully saturated rings. The van der Waals surface area contributed by atoms with Crippen molar-refractivity contribution in [3.05, 3.63) is 48.0 Å². The average molecular weight is 301 g/mol. The molecule has 0 radical (unpaired) electrons. The summed E-state index contributed by atoms with van der Waals surface area (Å²) >= 11 is 0. The van der Waals surface area contributed by atoms with Crippen molar-refractivity contribution >= 4 is 16.7 Å². The molecule has 0 aliphatic carbocycles. The first-order valence-electron chi connectivity index (χ1n) is 7.63. The summed E-state index contributed by atoms with van der Waals surface area (Å²) in [7, 11) is 1.65. The van der Waals surface area contributed by atoms with Gasteiger partial charge >= 0.3 is 0 Å². The van der Waals surface area contributed by atoms with Crippen molar-refractivity contribution in [2.75, 3.05) is 20.3 Å². The molecule has 0 aliphatic rings. The van der Waals surface area contributed by atoms with Crippen LogP contribution in [-0.2, 0) is 9.53 Å². The van der Waals surface area contributed by atoms with Crippen molar-refractivity contribution in [2.24, 2.45) is 0 Å². The average Bonchev–Trinajstić information content (AvgIpc) is 2.56. The van der Waals surface area contributed by atoms with Crippen LogP contribution in [0.5, 0.6) is 0 Å². The number of benzene rings is 2. The zero-order chi connectivity index (χ0) is 15.8. The lowest BCUT2D eigenvalue weighted by molar-refractivity contribution is -0.121. The first-order valence-corrected chi connectivity index (χ1v) is 7.63. The Morgan fingerprint density at radius 3 is 2.73 bits per heavy atom. The Morgan fingerprint density at radius 2 is 1.95 bits per heavy atom. The topological polar surface area (TPSA) is 58.6 Å². The molecule has 0 aliphatic heterocycles. The molecule has 0 aromatic heterocycles. The van der Waals surface area contributed by atoms with Crippen molar-refractivity contribution in [3.63, 3.8) is 0 Å². The third kappa shape index (κ3) is 4.83. The number of methoxy groups -OCH3 is 1. The van der Waals surface area contributed by atoms with Crippen LogP contribution in [0.25, 0.3) is 10.8 Å². The number of ether oxygens (including phenoxy) is 1. The van der Waals surface area contributed by atoms with E-state index in [0.29, 0.717) is 13.0 Å². The Morgan fingerprint density at radius 1 is 1.18 bits per heavy atom. The van der Waals surface area contributed by atoms with Crippen LogP contribution in [0.4, 0.5) is 0 Å². The highest BCUT2D eigenvalue weighted by Crippen LogP contribution is 2.20. The van der Waals surface area contributed by atoms with Gasteiger partial charge in [0.1, 0.15) is 0 Å². The minimum absolute atomic E-state index is 0.0315. The summed E-state index contributed by atoms with van der Waals surface area (Å²) in [4.78, 5) is 11.7. The van der Waals surface area contributed by atoms with Gasteiger partial charge in [-0.25, -0.2) is 0 Å². The van der Waals surface area contributed by atoms with Gasteiger partial charge in [-0.1, -0.05) is 36.4 Å². The minimum Gasteiger partial charge on any atom is -0.387 e. The predicted molar refractivity (Wildman–Crippen MR) is 87.6 cm³/mol. The number of aliphatic hydroxyl groups is 1. The lowest BCUT2D eigenvalue weighted by Gasteiger charge is -2.13. The standard InChI is InChI=1S/C18H23NO3/c1-22-11-5-4-8-18(21)19-13-17(20)16-10-9-14-6-2-3-7-15(14)12-16/h2-3,6-7,9-10,12,17,20H,4-5,8,11,13H2,1H3,(H,19,21). The lowest BCUT2D eigenvalue weighted by atomic mass is 10.0. The van der Waals surface area contributed by atoms with Gasteiger partial charge in [-0.05, 0) is 35.2 Å². The molecule has 1 atom stereocenters. The van der Waals surface area contributed by atoms with Crippen molar-refractivity contribution in [1.82, 2.24) is 5.32 Å². The van der Waals surface area contributed by atoms with Gasteiger partial charge in [0.2, 0.25) is 5.91 Å². The highest BCUT2D eigenvalue weighted by atomic mass is 16.5. The quantitative estimate of drug-likeness (QED) is 0.737. The van der Waals surface area contributed by atoms with Gasteiger partial charge in [-0.2, -0.15) is 0 Å². The SMILES string of the molecule is COCCCCC(=O)NCC(O)c1ccc2ccccc2c1. The fourth-order valence-electron chi connectivity index (χ4n) is 2.36. The molecule has 0 saturated heterocycles. The van der Waals surface area contributed by atoms with Crippen LogP contribution in [0, 0.1) is 0 Å². The van der Waals surface area contributed by atoms with Gasteiger partial charge in [-0.15, -0.1) is 0 Å². The molecule has 4 nitrogen and oxygen atoms in total. The highest BCUT2D eigenvalue weighted by Gasteiger charge is 2.10. The molecule has 22 heavy (non-hydrogen) atoms. The van der Waals surface area contributed by atoms with Crippen LogP contribution in [0.15, 0.2) is 42.5 Å². The smallest absolute Gasteiger partial charge is 0.220 e. The first-order chi connectivity index (χ1) is 10.7. The molecule has 2 rings (SSSR count).